The average Bonchev–Trinajstić information content (AvgIpc) is 3.09. The van der Waals surface area contributed by atoms with Gasteiger partial charge in [-0.1, -0.05) is 28.1 Å². The Balaban J connectivity index is 1.83. The summed E-state index contributed by atoms with van der Waals surface area (Å²) in [5, 5.41) is 3.54. The van der Waals surface area contributed by atoms with Gasteiger partial charge in [-0.2, -0.15) is 0 Å². The summed E-state index contributed by atoms with van der Waals surface area (Å²) < 4.78 is 17.3. The van der Waals surface area contributed by atoms with E-state index in [4.69, 9.17) is 0 Å². The van der Waals surface area contributed by atoms with Crippen LogP contribution in [0.3, 0.4) is 0 Å². The molecule has 0 radical (unpaired) electrons. The SMILES string of the molecule is CC(C)(C)S(=O)NC1(Cc2ccc(Br)cc2)CCC2(CCNC2)C1. The zero-order valence-electron chi connectivity index (χ0n) is 15.0. The average molecular weight is 413 g/mol. The molecule has 2 N–H and O–H groups in total. The summed E-state index contributed by atoms with van der Waals surface area (Å²) in [6.07, 6.45) is 5.64. The number of rotatable bonds is 4. The fourth-order valence-corrected chi connectivity index (χ4v) is 5.39. The molecular weight excluding hydrogens is 384 g/mol. The van der Waals surface area contributed by atoms with Crippen molar-refractivity contribution < 1.29 is 4.21 Å². The molecule has 1 saturated carbocycles. The third-order valence-electron chi connectivity index (χ3n) is 5.50. The first-order chi connectivity index (χ1) is 11.2. The second-order valence-corrected chi connectivity index (χ2v) is 11.6. The number of hydrogen-bond acceptors (Lipinski definition) is 2. The maximum absolute atomic E-state index is 12.9. The summed E-state index contributed by atoms with van der Waals surface area (Å²) in [7, 11) is -1.04. The van der Waals surface area contributed by atoms with Crippen molar-refractivity contribution in [1.29, 1.82) is 0 Å². The first kappa shape index (κ1) is 18.6. The molecular formula is C19H29BrN2OS. The number of halogens is 1. The Hall–Kier alpha value is -0.230. The summed E-state index contributed by atoms with van der Waals surface area (Å²) >= 11 is 3.51. The molecule has 134 valence electrons. The van der Waals surface area contributed by atoms with E-state index >= 15 is 0 Å². The Morgan fingerprint density at radius 1 is 1.21 bits per heavy atom. The minimum absolute atomic E-state index is 0.0575. The summed E-state index contributed by atoms with van der Waals surface area (Å²) in [6.45, 7) is 8.37. The summed E-state index contributed by atoms with van der Waals surface area (Å²) in [5.41, 5.74) is 1.65. The molecule has 1 aliphatic carbocycles. The van der Waals surface area contributed by atoms with Crippen molar-refractivity contribution in [2.24, 2.45) is 5.41 Å². The van der Waals surface area contributed by atoms with Crippen molar-refractivity contribution in [3.8, 4) is 0 Å². The molecule has 1 aliphatic heterocycles. The molecule has 1 heterocycles. The standard InChI is InChI=1S/C19H29BrN2OS/c1-17(2,3)24(23)22-19(12-15-4-6-16(20)7-5-15)9-8-18(13-19)10-11-21-14-18/h4-7,21-22H,8-14H2,1-3H3. The first-order valence-electron chi connectivity index (χ1n) is 8.87. The van der Waals surface area contributed by atoms with Crippen molar-refractivity contribution in [1.82, 2.24) is 10.0 Å². The van der Waals surface area contributed by atoms with E-state index in [0.717, 1.165) is 36.8 Å². The van der Waals surface area contributed by atoms with Crippen LogP contribution < -0.4 is 10.0 Å². The van der Waals surface area contributed by atoms with Crippen LogP contribution in [0, 0.1) is 5.41 Å². The fourth-order valence-electron chi connectivity index (χ4n) is 4.18. The monoisotopic (exact) mass is 412 g/mol. The normalized spacial score (nSPS) is 31.7. The maximum Gasteiger partial charge on any atom is 0.0975 e. The van der Waals surface area contributed by atoms with Crippen molar-refractivity contribution in [2.45, 2.75) is 63.2 Å². The minimum Gasteiger partial charge on any atom is -0.316 e. The molecule has 3 rings (SSSR count). The zero-order chi connectivity index (χ0) is 17.4. The Kier molecular flexibility index (Phi) is 5.28. The van der Waals surface area contributed by atoms with Gasteiger partial charge in [0.1, 0.15) is 0 Å². The topological polar surface area (TPSA) is 41.1 Å². The Labute approximate surface area is 157 Å². The van der Waals surface area contributed by atoms with Gasteiger partial charge >= 0.3 is 0 Å². The van der Waals surface area contributed by atoms with E-state index in [9.17, 15) is 4.21 Å². The molecule has 1 aromatic carbocycles. The molecule has 3 nitrogen and oxygen atoms in total. The Morgan fingerprint density at radius 2 is 1.92 bits per heavy atom. The number of benzene rings is 1. The lowest BCUT2D eigenvalue weighted by Gasteiger charge is -2.35. The summed E-state index contributed by atoms with van der Waals surface area (Å²) in [4.78, 5) is 0. The molecule has 0 amide bonds. The minimum atomic E-state index is -1.04. The molecule has 1 saturated heterocycles. The highest BCUT2D eigenvalue weighted by molar-refractivity contribution is 9.10. The highest BCUT2D eigenvalue weighted by atomic mass is 79.9. The summed E-state index contributed by atoms with van der Waals surface area (Å²) in [6, 6.07) is 8.58. The fraction of sp³-hybridized carbons (Fsp3) is 0.684. The molecule has 0 bridgehead atoms. The molecule has 0 aromatic heterocycles. The van der Waals surface area contributed by atoms with Crippen LogP contribution in [-0.4, -0.2) is 27.6 Å². The van der Waals surface area contributed by atoms with Crippen LogP contribution in [0.15, 0.2) is 28.7 Å². The maximum atomic E-state index is 12.9. The summed E-state index contributed by atoms with van der Waals surface area (Å²) in [5.74, 6) is 0. The van der Waals surface area contributed by atoms with Gasteiger partial charge in [-0.3, -0.25) is 0 Å². The second-order valence-electron chi connectivity index (χ2n) is 8.67. The third-order valence-corrected chi connectivity index (χ3v) is 7.76. The van der Waals surface area contributed by atoms with Gasteiger partial charge < -0.3 is 5.32 Å². The predicted molar refractivity (Wildman–Crippen MR) is 105 cm³/mol. The Morgan fingerprint density at radius 3 is 2.50 bits per heavy atom. The largest absolute Gasteiger partial charge is 0.316 e. The first-order valence-corrected chi connectivity index (χ1v) is 10.8. The molecule has 2 fully saturated rings. The van der Waals surface area contributed by atoms with E-state index in [1.807, 2.05) is 20.8 Å². The highest BCUT2D eigenvalue weighted by Crippen LogP contribution is 2.49. The molecule has 3 unspecified atom stereocenters. The number of hydrogen-bond donors (Lipinski definition) is 2. The molecule has 24 heavy (non-hydrogen) atoms. The zero-order valence-corrected chi connectivity index (χ0v) is 17.4. The van der Waals surface area contributed by atoms with Gasteiger partial charge in [0, 0.05) is 16.6 Å². The van der Waals surface area contributed by atoms with Crippen molar-refractivity contribution in [2.75, 3.05) is 13.1 Å². The van der Waals surface area contributed by atoms with Gasteiger partial charge in [-0.05, 0) is 82.5 Å². The van der Waals surface area contributed by atoms with Crippen LogP contribution in [-0.2, 0) is 17.4 Å². The van der Waals surface area contributed by atoms with Crippen LogP contribution in [0.4, 0.5) is 0 Å². The van der Waals surface area contributed by atoms with E-state index in [-0.39, 0.29) is 10.3 Å². The predicted octanol–water partition coefficient (Wildman–Crippen LogP) is 3.95. The highest BCUT2D eigenvalue weighted by Gasteiger charge is 2.50. The van der Waals surface area contributed by atoms with Gasteiger partial charge in [0.25, 0.3) is 0 Å². The van der Waals surface area contributed by atoms with Gasteiger partial charge in [0.2, 0.25) is 0 Å². The lowest BCUT2D eigenvalue weighted by atomic mass is 9.81. The van der Waals surface area contributed by atoms with E-state index in [1.165, 1.54) is 18.4 Å². The molecule has 3 atom stereocenters. The van der Waals surface area contributed by atoms with Crippen molar-refractivity contribution >= 4 is 26.9 Å². The molecule has 1 aromatic rings. The van der Waals surface area contributed by atoms with Gasteiger partial charge in [0.15, 0.2) is 0 Å². The molecule has 2 aliphatic rings. The van der Waals surface area contributed by atoms with Crippen LogP contribution >= 0.6 is 15.9 Å². The van der Waals surface area contributed by atoms with Crippen LogP contribution in [0.1, 0.15) is 52.0 Å². The van der Waals surface area contributed by atoms with Crippen molar-refractivity contribution in [3.05, 3.63) is 34.3 Å². The molecule has 5 heteroatoms. The van der Waals surface area contributed by atoms with Crippen molar-refractivity contribution in [3.63, 3.8) is 0 Å². The molecule has 1 spiro atoms. The lowest BCUT2D eigenvalue weighted by molar-refractivity contribution is 0.290. The van der Waals surface area contributed by atoms with E-state index in [1.54, 1.807) is 0 Å². The second kappa shape index (κ2) is 6.82. The quantitative estimate of drug-likeness (QED) is 0.785. The van der Waals surface area contributed by atoms with Gasteiger partial charge in [-0.15, -0.1) is 0 Å². The Bertz CT molecular complexity index is 605. The van der Waals surface area contributed by atoms with Gasteiger partial charge in [0.05, 0.1) is 15.7 Å². The van der Waals surface area contributed by atoms with E-state index < -0.39 is 11.0 Å². The van der Waals surface area contributed by atoms with E-state index in [0.29, 0.717) is 5.41 Å². The van der Waals surface area contributed by atoms with E-state index in [2.05, 4.69) is 50.2 Å². The lowest BCUT2D eigenvalue weighted by Crippen LogP contribution is -2.50. The van der Waals surface area contributed by atoms with Crippen LogP contribution in [0.5, 0.6) is 0 Å². The van der Waals surface area contributed by atoms with Crippen LogP contribution in [0.2, 0.25) is 0 Å². The smallest absolute Gasteiger partial charge is 0.0975 e. The number of nitrogens with one attached hydrogen (secondary N) is 2. The third kappa shape index (κ3) is 4.12. The van der Waals surface area contributed by atoms with Crippen LogP contribution in [0.25, 0.3) is 0 Å². The van der Waals surface area contributed by atoms with Gasteiger partial charge in [-0.25, -0.2) is 8.93 Å².